The molecule has 0 unspecified atom stereocenters. The van der Waals surface area contributed by atoms with Crippen molar-refractivity contribution >= 4 is 29.2 Å². The van der Waals surface area contributed by atoms with Crippen LogP contribution < -0.4 is 19.4 Å². The van der Waals surface area contributed by atoms with Gasteiger partial charge in [-0.3, -0.25) is 0 Å². The average molecular weight is 535 g/mol. The highest BCUT2D eigenvalue weighted by Gasteiger charge is 2.31. The van der Waals surface area contributed by atoms with Crippen molar-refractivity contribution < 1.29 is 22.6 Å². The Morgan fingerprint density at radius 3 is 2.54 bits per heavy atom. The lowest BCUT2D eigenvalue weighted by atomic mass is 10.1. The summed E-state index contributed by atoms with van der Waals surface area (Å²) >= 11 is 6.37. The van der Waals surface area contributed by atoms with Crippen LogP contribution in [0.25, 0.3) is 11.3 Å². The SMILES string of the molecule is C[C@@H]1CN(c2ncccc2Cl)CCN1c1cc(-c2cccc(OC(F)(F)F)c2)nc(N2CCOCC2)n1. The summed E-state index contributed by atoms with van der Waals surface area (Å²) in [5, 5.41) is 0.600. The minimum Gasteiger partial charge on any atom is -0.406 e. The third-order valence-corrected chi connectivity index (χ3v) is 6.61. The Morgan fingerprint density at radius 2 is 1.81 bits per heavy atom. The molecule has 2 fully saturated rings. The van der Waals surface area contributed by atoms with E-state index in [2.05, 4.69) is 26.4 Å². The van der Waals surface area contributed by atoms with Gasteiger partial charge in [0.2, 0.25) is 5.95 Å². The van der Waals surface area contributed by atoms with E-state index in [1.54, 1.807) is 18.3 Å². The van der Waals surface area contributed by atoms with Gasteiger partial charge in [0.15, 0.2) is 0 Å². The number of pyridine rings is 1. The molecule has 5 rings (SSSR count). The number of hydrogen-bond acceptors (Lipinski definition) is 8. The van der Waals surface area contributed by atoms with Crippen LogP contribution in [0.2, 0.25) is 5.02 Å². The van der Waals surface area contributed by atoms with Crippen molar-refractivity contribution in [1.29, 1.82) is 0 Å². The van der Waals surface area contributed by atoms with E-state index in [9.17, 15) is 13.2 Å². The van der Waals surface area contributed by atoms with Gasteiger partial charge in [-0.15, -0.1) is 13.2 Å². The molecular weight excluding hydrogens is 509 g/mol. The van der Waals surface area contributed by atoms with Crippen molar-refractivity contribution in [3.05, 3.63) is 53.7 Å². The molecule has 0 radical (unpaired) electrons. The lowest BCUT2D eigenvalue weighted by molar-refractivity contribution is -0.274. The molecule has 3 aromatic rings. The number of anilines is 3. The zero-order valence-corrected chi connectivity index (χ0v) is 20.9. The molecule has 1 aromatic carbocycles. The lowest BCUT2D eigenvalue weighted by Crippen LogP contribution is -2.53. The van der Waals surface area contributed by atoms with Crippen LogP contribution in [0.4, 0.5) is 30.8 Å². The number of morpholine rings is 1. The van der Waals surface area contributed by atoms with Crippen LogP contribution in [0.3, 0.4) is 0 Å². The average Bonchev–Trinajstić information content (AvgIpc) is 2.88. The Labute approximate surface area is 217 Å². The summed E-state index contributed by atoms with van der Waals surface area (Å²) in [6, 6.07) is 11.3. The molecule has 196 valence electrons. The third kappa shape index (κ3) is 5.99. The smallest absolute Gasteiger partial charge is 0.406 e. The maximum atomic E-state index is 12.8. The van der Waals surface area contributed by atoms with Crippen molar-refractivity contribution in [3.8, 4) is 17.0 Å². The Bertz CT molecular complexity index is 1240. The van der Waals surface area contributed by atoms with E-state index >= 15 is 0 Å². The largest absolute Gasteiger partial charge is 0.573 e. The summed E-state index contributed by atoms with van der Waals surface area (Å²) in [6.07, 6.45) is -3.06. The number of piperazine rings is 1. The van der Waals surface area contributed by atoms with Gasteiger partial charge in [0, 0.05) is 56.6 Å². The van der Waals surface area contributed by atoms with Crippen molar-refractivity contribution in [1.82, 2.24) is 15.0 Å². The molecule has 0 amide bonds. The van der Waals surface area contributed by atoms with E-state index in [4.69, 9.17) is 26.3 Å². The van der Waals surface area contributed by atoms with Crippen LogP contribution >= 0.6 is 11.6 Å². The van der Waals surface area contributed by atoms with Crippen molar-refractivity contribution in [3.63, 3.8) is 0 Å². The fourth-order valence-electron chi connectivity index (χ4n) is 4.57. The van der Waals surface area contributed by atoms with E-state index in [0.29, 0.717) is 74.0 Å². The number of hydrogen-bond donors (Lipinski definition) is 0. The maximum Gasteiger partial charge on any atom is 0.573 e. The number of halogens is 4. The minimum atomic E-state index is -4.78. The zero-order valence-electron chi connectivity index (χ0n) is 20.2. The molecule has 4 heterocycles. The van der Waals surface area contributed by atoms with Gasteiger partial charge in [0.05, 0.1) is 23.9 Å². The predicted molar refractivity (Wildman–Crippen MR) is 135 cm³/mol. The molecule has 0 bridgehead atoms. The van der Waals surface area contributed by atoms with Gasteiger partial charge in [-0.25, -0.2) is 9.97 Å². The summed E-state index contributed by atoms with van der Waals surface area (Å²) in [6.45, 7) is 6.47. The molecule has 0 saturated carbocycles. The first-order valence-corrected chi connectivity index (χ1v) is 12.3. The first-order valence-electron chi connectivity index (χ1n) is 12.0. The van der Waals surface area contributed by atoms with Crippen molar-refractivity contribution in [2.45, 2.75) is 19.3 Å². The molecule has 2 saturated heterocycles. The van der Waals surface area contributed by atoms with E-state index in [1.165, 1.54) is 18.2 Å². The summed E-state index contributed by atoms with van der Waals surface area (Å²) in [4.78, 5) is 20.4. The van der Waals surface area contributed by atoms with E-state index < -0.39 is 6.36 Å². The molecule has 37 heavy (non-hydrogen) atoms. The quantitative estimate of drug-likeness (QED) is 0.469. The first kappa shape index (κ1) is 25.3. The highest BCUT2D eigenvalue weighted by atomic mass is 35.5. The summed E-state index contributed by atoms with van der Waals surface area (Å²) in [5.41, 5.74) is 1.02. The standard InChI is InChI=1S/C25H26ClF3N6O2/c1-17-16-34(23-20(26)6-3-7-30-23)8-9-35(17)22-15-21(31-24(32-22)33-10-12-36-13-11-33)18-4-2-5-19(14-18)37-25(27,28)29/h2-7,14-15,17H,8-13,16H2,1H3/t17-/m1/s1. The molecule has 2 aliphatic rings. The lowest BCUT2D eigenvalue weighted by Gasteiger charge is -2.41. The maximum absolute atomic E-state index is 12.8. The van der Waals surface area contributed by atoms with Crippen molar-refractivity contribution in [2.24, 2.45) is 0 Å². The van der Waals surface area contributed by atoms with Crippen LogP contribution in [0.15, 0.2) is 48.7 Å². The second kappa shape index (κ2) is 10.6. The number of rotatable bonds is 5. The predicted octanol–water partition coefficient (Wildman–Crippen LogP) is 4.64. The van der Waals surface area contributed by atoms with Crippen LogP contribution in [0, 0.1) is 0 Å². The molecule has 8 nitrogen and oxygen atoms in total. The molecule has 0 spiro atoms. The van der Waals surface area contributed by atoms with Gasteiger partial charge in [-0.2, -0.15) is 4.98 Å². The minimum absolute atomic E-state index is 0.0620. The Hall–Kier alpha value is -3.31. The number of nitrogens with zero attached hydrogens (tertiary/aromatic N) is 6. The molecule has 2 aliphatic heterocycles. The van der Waals surface area contributed by atoms with Gasteiger partial charge < -0.3 is 24.2 Å². The third-order valence-electron chi connectivity index (χ3n) is 6.32. The monoisotopic (exact) mass is 534 g/mol. The fraction of sp³-hybridized carbons (Fsp3) is 0.400. The number of ether oxygens (including phenoxy) is 2. The van der Waals surface area contributed by atoms with E-state index in [1.807, 2.05) is 17.0 Å². The number of aromatic nitrogens is 3. The topological polar surface area (TPSA) is 66.9 Å². The van der Waals surface area contributed by atoms with Crippen LogP contribution in [-0.4, -0.2) is 73.3 Å². The highest BCUT2D eigenvalue weighted by molar-refractivity contribution is 6.32. The zero-order chi connectivity index (χ0) is 26.0. The summed E-state index contributed by atoms with van der Waals surface area (Å²) < 4.78 is 48.1. The summed E-state index contributed by atoms with van der Waals surface area (Å²) in [7, 11) is 0. The molecule has 0 N–H and O–H groups in total. The van der Waals surface area contributed by atoms with E-state index in [-0.39, 0.29) is 11.8 Å². The van der Waals surface area contributed by atoms with Crippen LogP contribution in [0.5, 0.6) is 5.75 Å². The van der Waals surface area contributed by atoms with Gasteiger partial charge >= 0.3 is 6.36 Å². The Balaban J connectivity index is 1.47. The number of alkyl halides is 3. The molecule has 12 heteroatoms. The second-order valence-electron chi connectivity index (χ2n) is 8.88. The van der Waals surface area contributed by atoms with Gasteiger partial charge in [0.25, 0.3) is 0 Å². The Kier molecular flexibility index (Phi) is 7.25. The molecule has 2 aromatic heterocycles. The number of benzene rings is 1. The van der Waals surface area contributed by atoms with Gasteiger partial charge in [0.1, 0.15) is 17.4 Å². The van der Waals surface area contributed by atoms with E-state index in [0.717, 1.165) is 5.82 Å². The fourth-order valence-corrected chi connectivity index (χ4v) is 4.82. The molecule has 0 aliphatic carbocycles. The highest BCUT2D eigenvalue weighted by Crippen LogP contribution is 2.32. The van der Waals surface area contributed by atoms with Crippen LogP contribution in [0.1, 0.15) is 6.92 Å². The first-order chi connectivity index (χ1) is 17.8. The molecule has 1 atom stereocenters. The van der Waals surface area contributed by atoms with Gasteiger partial charge in [-0.05, 0) is 31.2 Å². The Morgan fingerprint density at radius 1 is 1.00 bits per heavy atom. The normalized spacial score (nSPS) is 18.7. The summed E-state index contributed by atoms with van der Waals surface area (Å²) in [5.74, 6) is 1.66. The second-order valence-corrected chi connectivity index (χ2v) is 9.29. The molecular formula is C25H26ClF3N6O2. The van der Waals surface area contributed by atoms with Crippen LogP contribution in [-0.2, 0) is 4.74 Å². The van der Waals surface area contributed by atoms with Gasteiger partial charge in [-0.1, -0.05) is 23.7 Å². The van der Waals surface area contributed by atoms with Crippen molar-refractivity contribution in [2.75, 3.05) is 60.6 Å².